The predicted molar refractivity (Wildman–Crippen MR) is 80.1 cm³/mol. The molecule has 0 saturated carbocycles. The summed E-state index contributed by atoms with van der Waals surface area (Å²) in [4.78, 5) is 11.0. The lowest BCUT2D eigenvalue weighted by Crippen LogP contribution is -2.26. The second kappa shape index (κ2) is 8.94. The Balaban J connectivity index is 2.67. The van der Waals surface area contributed by atoms with E-state index in [9.17, 15) is 4.79 Å². The molecule has 0 amide bonds. The number of halogens is 1. The van der Waals surface area contributed by atoms with Gasteiger partial charge in [-0.3, -0.25) is 0 Å². The number of carbonyl (C=O) groups is 1. The zero-order valence-corrected chi connectivity index (χ0v) is 13.3. The fourth-order valence-corrected chi connectivity index (χ4v) is 2.02. The lowest BCUT2D eigenvalue weighted by molar-refractivity contribution is -0.145. The summed E-state index contributed by atoms with van der Waals surface area (Å²) in [6.07, 6.45) is -0.391. The number of carboxylic acid groups (broad SMARTS) is 1. The monoisotopic (exact) mass is 345 g/mol. The first-order valence-corrected chi connectivity index (χ1v) is 7.25. The smallest absolute Gasteiger partial charge is 0.344 e. The van der Waals surface area contributed by atoms with Gasteiger partial charge in [-0.15, -0.1) is 0 Å². The van der Waals surface area contributed by atoms with Gasteiger partial charge in [-0.05, 0) is 30.2 Å². The highest BCUT2D eigenvalue weighted by molar-refractivity contribution is 9.10. The Morgan fingerprint density at radius 2 is 2.25 bits per heavy atom. The molecule has 6 heteroatoms. The van der Waals surface area contributed by atoms with Gasteiger partial charge in [-0.25, -0.2) is 4.79 Å². The maximum Gasteiger partial charge on any atom is 0.344 e. The molecule has 0 fully saturated rings. The molecule has 0 heterocycles. The van der Waals surface area contributed by atoms with Crippen LogP contribution in [0.1, 0.15) is 18.9 Å². The summed E-state index contributed by atoms with van der Waals surface area (Å²) in [5, 5.41) is 12.2. The third-order valence-corrected chi connectivity index (χ3v) is 3.51. The van der Waals surface area contributed by atoms with Gasteiger partial charge < -0.3 is 19.9 Å². The zero-order valence-electron chi connectivity index (χ0n) is 11.7. The minimum atomic E-state index is -0.949. The van der Waals surface area contributed by atoms with Crippen LogP contribution in [0.4, 0.5) is 0 Å². The minimum Gasteiger partial charge on any atom is -0.479 e. The normalized spacial score (nSPS) is 12.2. The first-order chi connectivity index (χ1) is 9.58. The number of rotatable bonds is 9. The van der Waals surface area contributed by atoms with Crippen molar-refractivity contribution in [3.63, 3.8) is 0 Å². The van der Waals surface area contributed by atoms with Gasteiger partial charge in [0.25, 0.3) is 0 Å². The van der Waals surface area contributed by atoms with Crippen LogP contribution in [0.5, 0.6) is 5.75 Å². The highest BCUT2D eigenvalue weighted by Gasteiger charge is 2.17. The molecule has 1 rings (SSSR count). The number of ether oxygens (including phenoxy) is 2. The van der Waals surface area contributed by atoms with E-state index in [0.717, 1.165) is 16.6 Å². The third kappa shape index (κ3) is 5.48. The van der Waals surface area contributed by atoms with Crippen molar-refractivity contribution in [2.24, 2.45) is 0 Å². The summed E-state index contributed by atoms with van der Waals surface area (Å²) < 4.78 is 11.4. The molecule has 1 atom stereocenters. The molecule has 1 unspecified atom stereocenters. The lowest BCUT2D eigenvalue weighted by atomic mass is 10.2. The molecule has 20 heavy (non-hydrogen) atoms. The number of nitrogens with one attached hydrogen (secondary N) is 1. The quantitative estimate of drug-likeness (QED) is 0.672. The molecule has 0 aliphatic heterocycles. The Bertz CT molecular complexity index is 439. The lowest BCUT2D eigenvalue weighted by Gasteiger charge is -2.15. The van der Waals surface area contributed by atoms with Crippen LogP contribution in [0.2, 0.25) is 0 Å². The molecular formula is C14H20BrNO4. The van der Waals surface area contributed by atoms with Crippen molar-refractivity contribution in [2.45, 2.75) is 26.0 Å². The SMILES string of the molecule is CCC(Oc1ccc(Br)c(CNCCOC)c1)C(=O)O. The van der Waals surface area contributed by atoms with Crippen molar-refractivity contribution < 1.29 is 19.4 Å². The van der Waals surface area contributed by atoms with Crippen LogP contribution < -0.4 is 10.1 Å². The topological polar surface area (TPSA) is 67.8 Å². The van der Waals surface area contributed by atoms with Crippen molar-refractivity contribution in [1.29, 1.82) is 0 Å². The summed E-state index contributed by atoms with van der Waals surface area (Å²) in [5.41, 5.74) is 1.01. The molecule has 0 radical (unpaired) electrons. The van der Waals surface area contributed by atoms with Crippen molar-refractivity contribution in [3.05, 3.63) is 28.2 Å². The van der Waals surface area contributed by atoms with Crippen molar-refractivity contribution in [3.8, 4) is 5.75 Å². The van der Waals surface area contributed by atoms with Gasteiger partial charge in [-0.2, -0.15) is 0 Å². The number of aliphatic carboxylic acids is 1. The van der Waals surface area contributed by atoms with E-state index >= 15 is 0 Å². The van der Waals surface area contributed by atoms with Crippen LogP contribution in [0.3, 0.4) is 0 Å². The number of methoxy groups -OCH3 is 1. The molecule has 0 aromatic heterocycles. The van der Waals surface area contributed by atoms with Gasteiger partial charge in [0.2, 0.25) is 0 Å². The molecule has 1 aromatic rings. The van der Waals surface area contributed by atoms with Gasteiger partial charge in [-0.1, -0.05) is 22.9 Å². The van der Waals surface area contributed by atoms with Crippen molar-refractivity contribution >= 4 is 21.9 Å². The molecular weight excluding hydrogens is 326 g/mol. The van der Waals surface area contributed by atoms with E-state index in [0.29, 0.717) is 25.3 Å². The Hall–Kier alpha value is -1.11. The Kier molecular flexibility index (Phi) is 7.58. The summed E-state index contributed by atoms with van der Waals surface area (Å²) in [6, 6.07) is 5.46. The molecule has 0 spiro atoms. The van der Waals surface area contributed by atoms with Crippen LogP contribution in [-0.4, -0.2) is 37.4 Å². The zero-order chi connectivity index (χ0) is 15.0. The number of hydrogen-bond donors (Lipinski definition) is 2. The summed E-state index contributed by atoms with van der Waals surface area (Å²) >= 11 is 3.47. The van der Waals surface area contributed by atoms with Gasteiger partial charge in [0, 0.05) is 24.7 Å². The first-order valence-electron chi connectivity index (χ1n) is 6.46. The summed E-state index contributed by atoms with van der Waals surface area (Å²) in [7, 11) is 1.66. The first kappa shape index (κ1) is 16.9. The molecule has 0 aliphatic carbocycles. The van der Waals surface area contributed by atoms with E-state index < -0.39 is 12.1 Å². The fourth-order valence-electron chi connectivity index (χ4n) is 1.63. The third-order valence-electron chi connectivity index (χ3n) is 2.74. The minimum absolute atomic E-state index is 0.423. The molecule has 2 N–H and O–H groups in total. The van der Waals surface area contributed by atoms with Gasteiger partial charge in [0.05, 0.1) is 6.61 Å². The summed E-state index contributed by atoms with van der Waals surface area (Å²) in [6.45, 7) is 3.83. The highest BCUT2D eigenvalue weighted by atomic mass is 79.9. The van der Waals surface area contributed by atoms with Crippen LogP contribution in [0.15, 0.2) is 22.7 Å². The van der Waals surface area contributed by atoms with Gasteiger partial charge >= 0.3 is 5.97 Å². The van der Waals surface area contributed by atoms with E-state index in [-0.39, 0.29) is 0 Å². The van der Waals surface area contributed by atoms with E-state index in [1.807, 2.05) is 12.1 Å². The molecule has 0 saturated heterocycles. The van der Waals surface area contributed by atoms with Gasteiger partial charge in [0.1, 0.15) is 5.75 Å². The maximum atomic E-state index is 11.0. The number of carboxylic acids is 1. The van der Waals surface area contributed by atoms with Crippen LogP contribution in [0.25, 0.3) is 0 Å². The predicted octanol–water partition coefficient (Wildman–Crippen LogP) is 2.43. The molecule has 0 bridgehead atoms. The van der Waals surface area contributed by atoms with Crippen molar-refractivity contribution in [2.75, 3.05) is 20.3 Å². The Morgan fingerprint density at radius 1 is 1.50 bits per heavy atom. The van der Waals surface area contributed by atoms with Crippen LogP contribution >= 0.6 is 15.9 Å². The standard InChI is InChI=1S/C14H20BrNO4/c1-3-13(14(17)18)20-11-4-5-12(15)10(8-11)9-16-6-7-19-2/h4-5,8,13,16H,3,6-7,9H2,1-2H3,(H,17,18). The molecule has 112 valence electrons. The maximum absolute atomic E-state index is 11.0. The Morgan fingerprint density at radius 3 is 2.85 bits per heavy atom. The number of benzene rings is 1. The Labute approximate surface area is 127 Å². The van der Waals surface area contributed by atoms with E-state index in [1.165, 1.54) is 0 Å². The van der Waals surface area contributed by atoms with E-state index in [2.05, 4.69) is 21.2 Å². The highest BCUT2D eigenvalue weighted by Crippen LogP contribution is 2.23. The van der Waals surface area contributed by atoms with E-state index in [1.54, 1.807) is 20.1 Å². The van der Waals surface area contributed by atoms with E-state index in [4.69, 9.17) is 14.6 Å². The van der Waals surface area contributed by atoms with Crippen LogP contribution in [-0.2, 0) is 16.1 Å². The van der Waals surface area contributed by atoms with Crippen LogP contribution in [0, 0.1) is 0 Å². The average Bonchev–Trinajstić information content (AvgIpc) is 2.43. The second-order valence-electron chi connectivity index (χ2n) is 4.28. The summed E-state index contributed by atoms with van der Waals surface area (Å²) in [5.74, 6) is -0.388. The molecule has 5 nitrogen and oxygen atoms in total. The molecule has 1 aromatic carbocycles. The second-order valence-corrected chi connectivity index (χ2v) is 5.13. The number of hydrogen-bond acceptors (Lipinski definition) is 4. The van der Waals surface area contributed by atoms with Crippen molar-refractivity contribution in [1.82, 2.24) is 5.32 Å². The fraction of sp³-hybridized carbons (Fsp3) is 0.500. The average molecular weight is 346 g/mol. The molecule has 0 aliphatic rings. The largest absolute Gasteiger partial charge is 0.479 e. The van der Waals surface area contributed by atoms with Gasteiger partial charge in [0.15, 0.2) is 6.10 Å².